The zero-order valence-corrected chi connectivity index (χ0v) is 13.2. The summed E-state index contributed by atoms with van der Waals surface area (Å²) in [4.78, 5) is 28.6. The largest absolute Gasteiger partial charge is 0.480 e. The van der Waals surface area contributed by atoms with Gasteiger partial charge in [0.25, 0.3) is 0 Å². The smallest absolute Gasteiger partial charge is 0.326 e. The molecule has 3 N–H and O–H groups in total. The van der Waals surface area contributed by atoms with E-state index in [2.05, 4.69) is 10.3 Å². The highest BCUT2D eigenvalue weighted by Gasteiger charge is 2.21. The summed E-state index contributed by atoms with van der Waals surface area (Å²) in [6.45, 7) is 4.10. The average molecular weight is 315 g/mol. The van der Waals surface area contributed by atoms with Crippen LogP contribution in [-0.2, 0) is 11.3 Å². The molecule has 0 bridgehead atoms. The number of amides is 2. The molecule has 1 rings (SSSR count). The van der Waals surface area contributed by atoms with Crippen LogP contribution < -0.4 is 5.32 Å². The van der Waals surface area contributed by atoms with Crippen LogP contribution in [0.4, 0.5) is 4.79 Å². The number of aromatic nitrogens is 1. The zero-order chi connectivity index (χ0) is 16.0. The van der Waals surface area contributed by atoms with E-state index in [1.807, 2.05) is 19.2 Å². The van der Waals surface area contributed by atoms with Crippen LogP contribution in [0.25, 0.3) is 0 Å². The third-order valence-electron chi connectivity index (χ3n) is 2.82. The van der Waals surface area contributed by atoms with E-state index < -0.39 is 18.0 Å². The van der Waals surface area contributed by atoms with Crippen molar-refractivity contribution in [1.82, 2.24) is 15.2 Å². The summed E-state index contributed by atoms with van der Waals surface area (Å²) in [5, 5.41) is 23.0. The van der Waals surface area contributed by atoms with Gasteiger partial charge in [0.1, 0.15) is 6.04 Å². The first kappa shape index (κ1) is 17.4. The van der Waals surface area contributed by atoms with E-state index in [-0.39, 0.29) is 13.0 Å². The first-order chi connectivity index (χ1) is 9.85. The Labute approximate surface area is 127 Å². The van der Waals surface area contributed by atoms with E-state index in [9.17, 15) is 9.59 Å². The number of nitrogens with one attached hydrogen (secondary N) is 1. The van der Waals surface area contributed by atoms with E-state index in [1.54, 1.807) is 18.4 Å². The number of thiazole rings is 1. The van der Waals surface area contributed by atoms with Gasteiger partial charge in [-0.2, -0.15) is 0 Å². The van der Waals surface area contributed by atoms with Gasteiger partial charge in [-0.05, 0) is 0 Å². The van der Waals surface area contributed by atoms with Crippen molar-refractivity contribution in [1.29, 1.82) is 0 Å². The summed E-state index contributed by atoms with van der Waals surface area (Å²) in [6, 6.07) is -1.60. The number of aliphatic carboxylic acids is 1. The molecule has 0 fully saturated rings. The minimum Gasteiger partial charge on any atom is -0.480 e. The molecule has 0 aliphatic heterocycles. The van der Waals surface area contributed by atoms with Gasteiger partial charge in [0.15, 0.2) is 0 Å². The second-order valence-corrected chi connectivity index (χ2v) is 5.93. The average Bonchev–Trinajstić information content (AvgIpc) is 2.86. The maximum absolute atomic E-state index is 11.9. The normalized spacial score (nSPS) is 12.2. The number of nitrogens with zero attached hydrogens (tertiary/aromatic N) is 2. The second-order valence-electron chi connectivity index (χ2n) is 5.04. The molecule has 7 nitrogen and oxygen atoms in total. The lowest BCUT2D eigenvalue weighted by molar-refractivity contribution is -0.139. The Morgan fingerprint density at radius 1 is 1.48 bits per heavy atom. The number of hydrogen-bond acceptors (Lipinski definition) is 5. The first-order valence-electron chi connectivity index (χ1n) is 6.64. The predicted octanol–water partition coefficient (Wildman–Crippen LogP) is 1.24. The number of carboxylic acids is 1. The number of hydrogen-bond donors (Lipinski definition) is 3. The van der Waals surface area contributed by atoms with Gasteiger partial charge in [0.05, 0.1) is 17.2 Å². The summed E-state index contributed by atoms with van der Waals surface area (Å²) in [7, 11) is 1.57. The number of aliphatic hydroxyl groups excluding tert-OH is 1. The molecule has 0 radical (unpaired) electrons. The molecule has 21 heavy (non-hydrogen) atoms. The maximum atomic E-state index is 11.9. The van der Waals surface area contributed by atoms with Gasteiger partial charge in [-0.25, -0.2) is 14.6 Å². The Morgan fingerprint density at radius 3 is 2.62 bits per heavy atom. The van der Waals surface area contributed by atoms with E-state index in [1.165, 1.54) is 4.90 Å². The summed E-state index contributed by atoms with van der Waals surface area (Å²) in [5.74, 6) is -0.828. The van der Waals surface area contributed by atoms with Crippen LogP contribution in [-0.4, -0.2) is 51.8 Å². The lowest BCUT2D eigenvalue weighted by Crippen LogP contribution is -2.46. The SMILES string of the molecule is CC(C)c1nc(CN(C)C(=O)N[C@@H](CCO)C(=O)O)cs1. The number of rotatable bonds is 7. The molecule has 8 heteroatoms. The quantitative estimate of drug-likeness (QED) is 0.702. The fourth-order valence-corrected chi connectivity index (χ4v) is 2.45. The Morgan fingerprint density at radius 2 is 2.14 bits per heavy atom. The molecular formula is C13H21N3O4S. The van der Waals surface area contributed by atoms with E-state index >= 15 is 0 Å². The third kappa shape index (κ3) is 5.31. The fourth-order valence-electron chi connectivity index (χ4n) is 1.62. The minimum absolute atomic E-state index is 0.0247. The van der Waals surface area contributed by atoms with Crippen LogP contribution in [0.5, 0.6) is 0 Å². The number of carbonyl (C=O) groups excluding carboxylic acids is 1. The molecule has 0 saturated carbocycles. The lowest BCUT2D eigenvalue weighted by Gasteiger charge is -2.20. The van der Waals surface area contributed by atoms with Crippen LogP contribution in [0.15, 0.2) is 5.38 Å². The fraction of sp³-hybridized carbons (Fsp3) is 0.615. The van der Waals surface area contributed by atoms with Crippen molar-refractivity contribution in [2.45, 2.75) is 38.8 Å². The van der Waals surface area contributed by atoms with Crippen molar-refractivity contribution in [2.75, 3.05) is 13.7 Å². The monoisotopic (exact) mass is 315 g/mol. The Hall–Kier alpha value is -1.67. The molecule has 0 unspecified atom stereocenters. The maximum Gasteiger partial charge on any atom is 0.326 e. The number of carboxylic acid groups (broad SMARTS) is 1. The molecule has 0 spiro atoms. The highest BCUT2D eigenvalue weighted by Crippen LogP contribution is 2.19. The molecule has 0 aromatic carbocycles. The summed E-state index contributed by atoms with van der Waals surface area (Å²) >= 11 is 1.54. The predicted molar refractivity (Wildman–Crippen MR) is 79.3 cm³/mol. The van der Waals surface area contributed by atoms with Gasteiger partial charge in [0, 0.05) is 31.4 Å². The molecule has 2 amide bonds. The highest BCUT2D eigenvalue weighted by molar-refractivity contribution is 7.09. The molecule has 0 aliphatic rings. The number of carbonyl (C=O) groups is 2. The van der Waals surface area contributed by atoms with E-state index in [0.717, 1.165) is 10.7 Å². The molecule has 1 aromatic rings. The summed E-state index contributed by atoms with van der Waals surface area (Å²) in [6.07, 6.45) is -0.0247. The summed E-state index contributed by atoms with van der Waals surface area (Å²) < 4.78 is 0. The van der Waals surface area contributed by atoms with Crippen molar-refractivity contribution >= 4 is 23.3 Å². The molecule has 1 atom stereocenters. The summed E-state index contributed by atoms with van der Waals surface area (Å²) in [5.41, 5.74) is 0.774. The van der Waals surface area contributed by atoms with Crippen molar-refractivity contribution in [3.63, 3.8) is 0 Å². The number of urea groups is 1. The van der Waals surface area contributed by atoms with Crippen molar-refractivity contribution in [3.05, 3.63) is 16.1 Å². The van der Waals surface area contributed by atoms with Gasteiger partial charge in [-0.3, -0.25) is 0 Å². The van der Waals surface area contributed by atoms with Crippen molar-refractivity contribution in [3.8, 4) is 0 Å². The van der Waals surface area contributed by atoms with Crippen LogP contribution in [0.2, 0.25) is 0 Å². The third-order valence-corrected chi connectivity index (χ3v) is 4.02. The Bertz CT molecular complexity index is 490. The van der Waals surface area contributed by atoms with Gasteiger partial charge in [-0.1, -0.05) is 13.8 Å². The standard InChI is InChI=1S/C13H21N3O4S/c1-8(2)11-14-9(7-21-11)6-16(3)13(20)15-10(4-5-17)12(18)19/h7-8,10,17H,4-6H2,1-3H3,(H,15,20)(H,18,19)/t10-/m0/s1. The van der Waals surface area contributed by atoms with E-state index in [4.69, 9.17) is 10.2 Å². The van der Waals surface area contributed by atoms with Crippen molar-refractivity contribution < 1.29 is 19.8 Å². The zero-order valence-electron chi connectivity index (χ0n) is 12.4. The van der Waals surface area contributed by atoms with Crippen molar-refractivity contribution in [2.24, 2.45) is 0 Å². The van der Waals surface area contributed by atoms with Crippen LogP contribution in [0.3, 0.4) is 0 Å². The first-order valence-corrected chi connectivity index (χ1v) is 7.52. The Balaban J connectivity index is 2.58. The number of aliphatic hydroxyl groups is 1. The molecule has 1 heterocycles. The lowest BCUT2D eigenvalue weighted by atomic mass is 10.2. The topological polar surface area (TPSA) is 103 Å². The van der Waals surface area contributed by atoms with Gasteiger partial charge >= 0.3 is 12.0 Å². The molecule has 118 valence electrons. The highest BCUT2D eigenvalue weighted by atomic mass is 32.1. The van der Waals surface area contributed by atoms with Gasteiger partial charge in [-0.15, -0.1) is 11.3 Å². The van der Waals surface area contributed by atoms with Crippen LogP contribution in [0.1, 0.15) is 36.9 Å². The van der Waals surface area contributed by atoms with E-state index in [0.29, 0.717) is 12.5 Å². The van der Waals surface area contributed by atoms with Gasteiger partial charge < -0.3 is 20.4 Å². The van der Waals surface area contributed by atoms with Gasteiger partial charge in [0.2, 0.25) is 0 Å². The molecule has 0 saturated heterocycles. The van der Waals surface area contributed by atoms with Crippen LogP contribution >= 0.6 is 11.3 Å². The molecule has 0 aliphatic carbocycles. The van der Waals surface area contributed by atoms with Crippen LogP contribution in [0, 0.1) is 0 Å². The molecular weight excluding hydrogens is 294 g/mol. The second kappa shape index (κ2) is 7.94. The molecule has 1 aromatic heterocycles. The Kier molecular flexibility index (Phi) is 6.57. The minimum atomic E-state index is -1.17.